The summed E-state index contributed by atoms with van der Waals surface area (Å²) in [5.41, 5.74) is 0.324. The van der Waals surface area contributed by atoms with E-state index < -0.39 is 16.0 Å². The number of rotatable bonds is 7. The standard InChI is InChI=1S/C13H17NO5S/c1-10(15)11-5-3-6-12(9-11)20(18,19)14(2)8-4-7-13(16)17/h3,5-6,9H,4,7-8H2,1-2H3,(H,16,17). The van der Waals surface area contributed by atoms with Crippen LogP contribution in [0.15, 0.2) is 29.2 Å². The number of hydrogen-bond acceptors (Lipinski definition) is 4. The predicted octanol–water partition coefficient (Wildman–Crippen LogP) is 1.37. The van der Waals surface area contributed by atoms with E-state index in [0.717, 1.165) is 4.31 Å². The van der Waals surface area contributed by atoms with Gasteiger partial charge in [-0.2, -0.15) is 0 Å². The summed E-state index contributed by atoms with van der Waals surface area (Å²) in [5, 5.41) is 8.54. The Labute approximate surface area is 118 Å². The third-order valence-electron chi connectivity index (χ3n) is 2.81. The predicted molar refractivity (Wildman–Crippen MR) is 73.1 cm³/mol. The van der Waals surface area contributed by atoms with Crippen molar-refractivity contribution in [2.75, 3.05) is 13.6 Å². The first-order valence-electron chi connectivity index (χ1n) is 6.04. The molecular formula is C13H17NO5S. The zero-order valence-corrected chi connectivity index (χ0v) is 12.2. The normalized spacial score (nSPS) is 11.6. The van der Waals surface area contributed by atoms with E-state index in [1.807, 2.05) is 0 Å². The van der Waals surface area contributed by atoms with Gasteiger partial charge in [0.05, 0.1) is 4.90 Å². The highest BCUT2D eigenvalue weighted by Crippen LogP contribution is 2.16. The molecule has 7 heteroatoms. The molecule has 0 atom stereocenters. The van der Waals surface area contributed by atoms with Crippen LogP contribution in [0.5, 0.6) is 0 Å². The first kappa shape index (κ1) is 16.3. The summed E-state index contributed by atoms with van der Waals surface area (Å²) in [7, 11) is -2.32. The van der Waals surface area contributed by atoms with Gasteiger partial charge in [0.15, 0.2) is 5.78 Å². The van der Waals surface area contributed by atoms with Gasteiger partial charge < -0.3 is 5.11 Å². The number of carboxylic acids is 1. The average Bonchev–Trinajstić information content (AvgIpc) is 2.38. The van der Waals surface area contributed by atoms with Crippen LogP contribution in [0.25, 0.3) is 0 Å². The number of ketones is 1. The first-order valence-corrected chi connectivity index (χ1v) is 7.48. The van der Waals surface area contributed by atoms with Gasteiger partial charge in [-0.3, -0.25) is 9.59 Å². The molecule has 0 saturated heterocycles. The highest BCUT2D eigenvalue weighted by atomic mass is 32.2. The van der Waals surface area contributed by atoms with Crippen molar-refractivity contribution in [1.82, 2.24) is 4.31 Å². The Balaban J connectivity index is 2.89. The van der Waals surface area contributed by atoms with Crippen molar-refractivity contribution in [2.24, 2.45) is 0 Å². The summed E-state index contributed by atoms with van der Waals surface area (Å²) in [6.07, 6.45) is 0.144. The van der Waals surface area contributed by atoms with Crippen molar-refractivity contribution in [3.63, 3.8) is 0 Å². The van der Waals surface area contributed by atoms with Crippen LogP contribution in [0.4, 0.5) is 0 Å². The Morgan fingerprint density at radius 2 is 1.95 bits per heavy atom. The average molecular weight is 299 g/mol. The first-order chi connectivity index (χ1) is 9.25. The lowest BCUT2D eigenvalue weighted by atomic mass is 10.2. The van der Waals surface area contributed by atoms with Crippen LogP contribution in [0.3, 0.4) is 0 Å². The number of sulfonamides is 1. The summed E-state index contributed by atoms with van der Waals surface area (Å²) < 4.78 is 25.6. The molecule has 0 unspecified atom stereocenters. The lowest BCUT2D eigenvalue weighted by molar-refractivity contribution is -0.137. The molecule has 1 rings (SSSR count). The molecule has 1 aromatic carbocycles. The van der Waals surface area contributed by atoms with Gasteiger partial charge in [0, 0.05) is 25.6 Å². The van der Waals surface area contributed by atoms with Crippen LogP contribution < -0.4 is 0 Å². The van der Waals surface area contributed by atoms with Gasteiger partial charge >= 0.3 is 5.97 Å². The van der Waals surface area contributed by atoms with E-state index in [1.165, 1.54) is 32.2 Å². The number of aliphatic carboxylic acids is 1. The Morgan fingerprint density at radius 3 is 2.50 bits per heavy atom. The molecule has 0 aliphatic heterocycles. The summed E-state index contributed by atoms with van der Waals surface area (Å²) >= 11 is 0. The SMILES string of the molecule is CC(=O)c1cccc(S(=O)(=O)N(C)CCCC(=O)O)c1. The molecule has 0 fully saturated rings. The van der Waals surface area contributed by atoms with Crippen LogP contribution in [0, 0.1) is 0 Å². The van der Waals surface area contributed by atoms with Crippen molar-refractivity contribution < 1.29 is 23.1 Å². The van der Waals surface area contributed by atoms with Gasteiger partial charge in [0.2, 0.25) is 10.0 Å². The van der Waals surface area contributed by atoms with Crippen LogP contribution in [-0.2, 0) is 14.8 Å². The van der Waals surface area contributed by atoms with Gasteiger partial charge in [0.1, 0.15) is 0 Å². The van der Waals surface area contributed by atoms with Crippen molar-refractivity contribution in [3.8, 4) is 0 Å². The summed E-state index contributed by atoms with van der Waals surface area (Å²) in [5.74, 6) is -1.18. The second-order valence-electron chi connectivity index (χ2n) is 4.41. The summed E-state index contributed by atoms with van der Waals surface area (Å²) in [6.45, 7) is 1.47. The largest absolute Gasteiger partial charge is 0.481 e. The molecule has 20 heavy (non-hydrogen) atoms. The van der Waals surface area contributed by atoms with Crippen molar-refractivity contribution in [3.05, 3.63) is 29.8 Å². The van der Waals surface area contributed by atoms with Gasteiger partial charge in [-0.25, -0.2) is 12.7 Å². The molecule has 0 spiro atoms. The van der Waals surface area contributed by atoms with Crippen molar-refractivity contribution in [1.29, 1.82) is 0 Å². The Hall–Kier alpha value is -1.73. The quantitative estimate of drug-likeness (QED) is 0.768. The second-order valence-corrected chi connectivity index (χ2v) is 6.45. The van der Waals surface area contributed by atoms with Crippen LogP contribution in [-0.4, -0.2) is 43.2 Å². The van der Waals surface area contributed by atoms with Gasteiger partial charge in [0.25, 0.3) is 0 Å². The van der Waals surface area contributed by atoms with E-state index >= 15 is 0 Å². The number of benzene rings is 1. The minimum atomic E-state index is -3.70. The van der Waals surface area contributed by atoms with E-state index in [2.05, 4.69) is 0 Å². The van der Waals surface area contributed by atoms with E-state index in [1.54, 1.807) is 6.07 Å². The molecule has 0 heterocycles. The Kier molecular flexibility index (Phi) is 5.41. The van der Waals surface area contributed by atoms with Crippen LogP contribution in [0.2, 0.25) is 0 Å². The van der Waals surface area contributed by atoms with E-state index in [9.17, 15) is 18.0 Å². The fourth-order valence-corrected chi connectivity index (χ4v) is 2.88. The summed E-state index contributed by atoms with van der Waals surface area (Å²) in [4.78, 5) is 21.7. The number of nitrogens with zero attached hydrogens (tertiary/aromatic N) is 1. The molecule has 1 N–H and O–H groups in total. The third kappa shape index (κ3) is 4.14. The monoisotopic (exact) mass is 299 g/mol. The molecule has 0 saturated carbocycles. The van der Waals surface area contributed by atoms with Crippen molar-refractivity contribution >= 4 is 21.8 Å². The molecule has 0 bridgehead atoms. The maximum absolute atomic E-state index is 12.2. The molecule has 0 radical (unpaired) electrons. The Morgan fingerprint density at radius 1 is 1.30 bits per heavy atom. The molecule has 0 amide bonds. The zero-order chi connectivity index (χ0) is 15.3. The van der Waals surface area contributed by atoms with E-state index in [-0.39, 0.29) is 30.1 Å². The van der Waals surface area contributed by atoms with Gasteiger partial charge in [-0.05, 0) is 25.5 Å². The molecule has 0 aliphatic carbocycles. The molecule has 1 aromatic rings. The maximum Gasteiger partial charge on any atom is 0.303 e. The highest BCUT2D eigenvalue weighted by Gasteiger charge is 2.21. The smallest absolute Gasteiger partial charge is 0.303 e. The van der Waals surface area contributed by atoms with Gasteiger partial charge in [-0.15, -0.1) is 0 Å². The third-order valence-corrected chi connectivity index (χ3v) is 4.67. The van der Waals surface area contributed by atoms with E-state index in [0.29, 0.717) is 5.56 Å². The molecule has 6 nitrogen and oxygen atoms in total. The zero-order valence-electron chi connectivity index (χ0n) is 11.4. The molecule has 110 valence electrons. The Bertz CT molecular complexity index is 609. The number of hydrogen-bond donors (Lipinski definition) is 1. The lowest BCUT2D eigenvalue weighted by Crippen LogP contribution is -2.28. The van der Waals surface area contributed by atoms with Crippen LogP contribution >= 0.6 is 0 Å². The minimum Gasteiger partial charge on any atom is -0.481 e. The van der Waals surface area contributed by atoms with Gasteiger partial charge in [-0.1, -0.05) is 12.1 Å². The molecule has 0 aromatic heterocycles. The highest BCUT2D eigenvalue weighted by molar-refractivity contribution is 7.89. The lowest BCUT2D eigenvalue weighted by Gasteiger charge is -2.17. The fourth-order valence-electron chi connectivity index (χ4n) is 1.63. The summed E-state index contributed by atoms with van der Waals surface area (Å²) in [6, 6.07) is 5.79. The number of carbonyl (C=O) groups excluding carboxylic acids is 1. The van der Waals surface area contributed by atoms with Crippen molar-refractivity contribution in [2.45, 2.75) is 24.7 Å². The molecular weight excluding hydrogens is 282 g/mol. The number of carbonyl (C=O) groups is 2. The minimum absolute atomic E-state index is 0.0306. The van der Waals surface area contributed by atoms with Crippen LogP contribution in [0.1, 0.15) is 30.1 Å². The van der Waals surface area contributed by atoms with E-state index in [4.69, 9.17) is 5.11 Å². The topological polar surface area (TPSA) is 91.8 Å². The second kappa shape index (κ2) is 6.62. The fraction of sp³-hybridized carbons (Fsp3) is 0.385. The number of carboxylic acid groups (broad SMARTS) is 1. The maximum atomic E-state index is 12.2. The number of Topliss-reactive ketones (excluding diaryl/α,β-unsaturated/α-hetero) is 1. The molecule has 0 aliphatic rings.